The fourth-order valence-corrected chi connectivity index (χ4v) is 2.35. The van der Waals surface area contributed by atoms with Crippen molar-refractivity contribution >= 4 is 17.6 Å². The van der Waals surface area contributed by atoms with E-state index in [-0.39, 0.29) is 6.61 Å². The molecule has 5 nitrogen and oxygen atoms in total. The van der Waals surface area contributed by atoms with E-state index in [1.165, 1.54) is 11.8 Å². The van der Waals surface area contributed by atoms with E-state index < -0.39 is 6.10 Å². The molecule has 6 heteroatoms. The van der Waals surface area contributed by atoms with Crippen molar-refractivity contribution in [1.82, 2.24) is 9.97 Å². The van der Waals surface area contributed by atoms with Crippen LogP contribution in [-0.2, 0) is 6.42 Å². The molecule has 1 unspecified atom stereocenters. The van der Waals surface area contributed by atoms with Gasteiger partial charge in [-0.25, -0.2) is 9.97 Å². The Morgan fingerprint density at radius 2 is 2.06 bits per heavy atom. The summed E-state index contributed by atoms with van der Waals surface area (Å²) in [4.78, 5) is 8.90. The van der Waals surface area contributed by atoms with E-state index in [2.05, 4.69) is 15.3 Å². The van der Waals surface area contributed by atoms with Crippen LogP contribution in [-0.4, -0.2) is 45.2 Å². The number of nitrogens with one attached hydrogen (secondary N) is 1. The van der Waals surface area contributed by atoms with Crippen molar-refractivity contribution in [3.63, 3.8) is 0 Å². The number of hydrogen-bond acceptors (Lipinski definition) is 6. The molecule has 0 saturated heterocycles. The average molecular weight is 271 g/mol. The number of aliphatic hydroxyl groups excluding tert-OH is 2. The Bertz CT molecular complexity index is 388. The van der Waals surface area contributed by atoms with Gasteiger partial charge in [0.05, 0.1) is 12.7 Å². The Morgan fingerprint density at radius 3 is 2.61 bits per heavy atom. The second-order valence-corrected chi connectivity index (χ2v) is 4.96. The zero-order chi connectivity index (χ0) is 13.5. The molecule has 0 aromatic carbocycles. The van der Waals surface area contributed by atoms with Gasteiger partial charge in [-0.2, -0.15) is 0 Å². The predicted octanol–water partition coefficient (Wildman–Crippen LogP) is 1.22. The molecule has 0 aliphatic rings. The summed E-state index contributed by atoms with van der Waals surface area (Å²) in [5.74, 6) is 2.08. The molecular weight excluding hydrogens is 250 g/mol. The maximum absolute atomic E-state index is 9.38. The van der Waals surface area contributed by atoms with Crippen molar-refractivity contribution in [2.75, 3.05) is 24.2 Å². The van der Waals surface area contributed by atoms with Crippen molar-refractivity contribution in [2.24, 2.45) is 0 Å². The van der Waals surface area contributed by atoms with Gasteiger partial charge in [0.1, 0.15) is 16.7 Å². The molecule has 102 valence electrons. The third-order valence-electron chi connectivity index (χ3n) is 2.43. The summed E-state index contributed by atoms with van der Waals surface area (Å²) >= 11 is 1.45. The molecule has 0 aliphatic carbocycles. The quantitative estimate of drug-likeness (QED) is 0.511. The molecule has 0 radical (unpaired) electrons. The second kappa shape index (κ2) is 7.56. The highest BCUT2D eigenvalue weighted by Crippen LogP contribution is 2.25. The van der Waals surface area contributed by atoms with E-state index in [1.807, 2.05) is 20.8 Å². The highest BCUT2D eigenvalue weighted by molar-refractivity contribution is 7.99. The number of aliphatic hydroxyl groups is 2. The van der Waals surface area contributed by atoms with Crippen LogP contribution in [0.5, 0.6) is 0 Å². The van der Waals surface area contributed by atoms with Crippen LogP contribution in [0.4, 0.5) is 5.82 Å². The molecule has 1 aromatic heterocycles. The maximum Gasteiger partial charge on any atom is 0.133 e. The van der Waals surface area contributed by atoms with Gasteiger partial charge in [0.25, 0.3) is 0 Å². The number of anilines is 1. The van der Waals surface area contributed by atoms with Crippen molar-refractivity contribution in [3.05, 3.63) is 11.4 Å². The molecule has 0 aliphatic heterocycles. The Morgan fingerprint density at radius 1 is 1.33 bits per heavy atom. The first kappa shape index (κ1) is 15.2. The van der Waals surface area contributed by atoms with Gasteiger partial charge in [0, 0.05) is 24.3 Å². The van der Waals surface area contributed by atoms with Crippen molar-refractivity contribution in [2.45, 2.75) is 38.3 Å². The van der Waals surface area contributed by atoms with Gasteiger partial charge in [-0.3, -0.25) is 0 Å². The average Bonchev–Trinajstić information content (AvgIpc) is 2.39. The van der Waals surface area contributed by atoms with Crippen LogP contribution < -0.4 is 5.32 Å². The van der Waals surface area contributed by atoms with Crippen LogP contribution in [0, 0.1) is 6.92 Å². The zero-order valence-electron chi connectivity index (χ0n) is 11.1. The minimum atomic E-state index is -0.711. The number of aryl methyl sites for hydroxylation is 1. The predicted molar refractivity (Wildman–Crippen MR) is 74.1 cm³/mol. The molecular formula is C12H21N3O2S. The highest BCUT2D eigenvalue weighted by atomic mass is 32.2. The summed E-state index contributed by atoms with van der Waals surface area (Å²) in [5.41, 5.74) is 0.990. The van der Waals surface area contributed by atoms with E-state index in [9.17, 15) is 5.11 Å². The summed E-state index contributed by atoms with van der Waals surface area (Å²) < 4.78 is 0. The van der Waals surface area contributed by atoms with Gasteiger partial charge >= 0.3 is 0 Å². The third kappa shape index (κ3) is 4.12. The minimum absolute atomic E-state index is 0.224. The van der Waals surface area contributed by atoms with E-state index in [4.69, 9.17) is 5.11 Å². The van der Waals surface area contributed by atoms with Crippen molar-refractivity contribution < 1.29 is 10.2 Å². The minimum Gasteiger partial charge on any atom is -0.394 e. The summed E-state index contributed by atoms with van der Waals surface area (Å²) in [7, 11) is 0. The molecule has 3 N–H and O–H groups in total. The van der Waals surface area contributed by atoms with Gasteiger partial charge < -0.3 is 15.5 Å². The van der Waals surface area contributed by atoms with Gasteiger partial charge in [0.15, 0.2) is 0 Å². The van der Waals surface area contributed by atoms with Gasteiger partial charge in [-0.15, -0.1) is 11.8 Å². The molecule has 1 atom stereocenters. The molecule has 0 spiro atoms. The standard InChI is InChI=1S/C12H21N3O2S/c1-4-10-14-11(13-5-2)8(3)12(15-10)18-7-9(17)6-16/h9,16-17H,4-7H2,1-3H3,(H,13,14,15). The molecule has 0 bridgehead atoms. The number of rotatable bonds is 7. The van der Waals surface area contributed by atoms with Crippen LogP contribution in [0.3, 0.4) is 0 Å². The zero-order valence-corrected chi connectivity index (χ0v) is 11.9. The van der Waals surface area contributed by atoms with Gasteiger partial charge in [0.2, 0.25) is 0 Å². The summed E-state index contributed by atoms with van der Waals surface area (Å²) in [6.45, 7) is 6.58. The SMILES string of the molecule is CCNc1nc(CC)nc(SCC(O)CO)c1C. The van der Waals surface area contributed by atoms with Crippen LogP contribution in [0.1, 0.15) is 25.2 Å². The normalized spacial score (nSPS) is 12.5. The number of thioether (sulfide) groups is 1. The van der Waals surface area contributed by atoms with Crippen LogP contribution in [0.2, 0.25) is 0 Å². The van der Waals surface area contributed by atoms with E-state index in [0.717, 1.165) is 35.2 Å². The fourth-order valence-electron chi connectivity index (χ4n) is 1.41. The lowest BCUT2D eigenvalue weighted by molar-refractivity contribution is 0.113. The van der Waals surface area contributed by atoms with Crippen molar-refractivity contribution in [1.29, 1.82) is 0 Å². The molecule has 1 aromatic rings. The molecule has 0 fully saturated rings. The first-order chi connectivity index (χ1) is 8.62. The van der Waals surface area contributed by atoms with E-state index >= 15 is 0 Å². The summed E-state index contributed by atoms with van der Waals surface area (Å²) in [6, 6.07) is 0. The largest absolute Gasteiger partial charge is 0.394 e. The number of nitrogens with zero attached hydrogens (tertiary/aromatic N) is 2. The van der Waals surface area contributed by atoms with Gasteiger partial charge in [-0.1, -0.05) is 6.92 Å². The lowest BCUT2D eigenvalue weighted by atomic mass is 10.3. The van der Waals surface area contributed by atoms with E-state index in [0.29, 0.717) is 5.75 Å². The number of aromatic nitrogens is 2. The Balaban J connectivity index is 2.90. The van der Waals surface area contributed by atoms with Crippen LogP contribution in [0.25, 0.3) is 0 Å². The second-order valence-electron chi connectivity index (χ2n) is 3.95. The van der Waals surface area contributed by atoms with Gasteiger partial charge in [-0.05, 0) is 13.8 Å². The fraction of sp³-hybridized carbons (Fsp3) is 0.667. The number of hydrogen-bond donors (Lipinski definition) is 3. The summed E-state index contributed by atoms with van der Waals surface area (Å²) in [6.07, 6.45) is 0.0615. The first-order valence-electron chi connectivity index (χ1n) is 6.15. The van der Waals surface area contributed by atoms with Crippen molar-refractivity contribution in [3.8, 4) is 0 Å². The Labute approximate surface area is 112 Å². The monoisotopic (exact) mass is 271 g/mol. The smallest absolute Gasteiger partial charge is 0.133 e. The van der Waals surface area contributed by atoms with Crippen LogP contribution >= 0.6 is 11.8 Å². The summed E-state index contributed by atoms with van der Waals surface area (Å²) in [5, 5.41) is 22.3. The molecule has 1 rings (SSSR count). The van der Waals surface area contributed by atoms with Crippen LogP contribution in [0.15, 0.2) is 5.03 Å². The molecule has 18 heavy (non-hydrogen) atoms. The van der Waals surface area contributed by atoms with E-state index in [1.54, 1.807) is 0 Å². The lowest BCUT2D eigenvalue weighted by Crippen LogP contribution is -2.15. The molecule has 1 heterocycles. The maximum atomic E-state index is 9.38. The molecule has 0 amide bonds. The highest BCUT2D eigenvalue weighted by Gasteiger charge is 2.12. The third-order valence-corrected chi connectivity index (χ3v) is 3.65. The first-order valence-corrected chi connectivity index (χ1v) is 7.14. The Kier molecular flexibility index (Phi) is 6.38. The topological polar surface area (TPSA) is 78.3 Å². The lowest BCUT2D eigenvalue weighted by Gasteiger charge is -2.13. The Hall–Kier alpha value is -0.850. The molecule has 0 saturated carbocycles.